The van der Waals surface area contributed by atoms with Crippen LogP contribution in [0.25, 0.3) is 0 Å². The fourth-order valence-electron chi connectivity index (χ4n) is 2.54. The molecule has 1 aliphatic rings. The number of imide groups is 1. The Morgan fingerprint density at radius 1 is 1.42 bits per heavy atom. The van der Waals surface area contributed by atoms with E-state index in [0.29, 0.717) is 12.6 Å². The molecule has 3 amide bonds. The van der Waals surface area contributed by atoms with Crippen LogP contribution in [0.3, 0.4) is 0 Å². The Bertz CT molecular complexity index is 303. The molecule has 6 heteroatoms. The van der Waals surface area contributed by atoms with Crippen LogP contribution in [-0.4, -0.2) is 55.1 Å². The number of rotatable bonds is 5. The molecular formula is C13H26N4O2. The monoisotopic (exact) mass is 270 g/mol. The Hall–Kier alpha value is -1.14. The number of carbonyl (C=O) groups is 2. The minimum absolute atomic E-state index is 0.238. The third kappa shape index (κ3) is 4.80. The Morgan fingerprint density at radius 3 is 2.68 bits per heavy atom. The van der Waals surface area contributed by atoms with Gasteiger partial charge in [-0.25, -0.2) is 4.79 Å². The van der Waals surface area contributed by atoms with Crippen molar-refractivity contribution in [2.24, 2.45) is 0 Å². The zero-order valence-corrected chi connectivity index (χ0v) is 12.2. The first-order valence-electron chi connectivity index (χ1n) is 7.15. The Balaban J connectivity index is 2.53. The molecule has 19 heavy (non-hydrogen) atoms. The quantitative estimate of drug-likeness (QED) is 0.671. The molecule has 1 heterocycles. The van der Waals surface area contributed by atoms with Crippen molar-refractivity contribution >= 4 is 11.9 Å². The van der Waals surface area contributed by atoms with E-state index in [4.69, 9.17) is 0 Å². The van der Waals surface area contributed by atoms with Crippen LogP contribution in [0.4, 0.5) is 4.79 Å². The minimum Gasteiger partial charge on any atom is -0.338 e. The van der Waals surface area contributed by atoms with Gasteiger partial charge < -0.3 is 10.6 Å². The first kappa shape index (κ1) is 15.9. The van der Waals surface area contributed by atoms with E-state index in [9.17, 15) is 9.59 Å². The summed E-state index contributed by atoms with van der Waals surface area (Å²) >= 11 is 0. The standard InChI is InChI=1S/C13H26N4O2/c1-4-15-13(19)16-12(18)10(3)17(5-2)11-7-6-8-14-9-11/h10-11,14H,4-9H2,1-3H3,(H2,15,16,18,19). The fraction of sp³-hybridized carbons (Fsp3) is 0.846. The van der Waals surface area contributed by atoms with Gasteiger partial charge in [0.15, 0.2) is 0 Å². The van der Waals surface area contributed by atoms with E-state index in [1.165, 1.54) is 0 Å². The molecule has 110 valence electrons. The number of hydrogen-bond acceptors (Lipinski definition) is 4. The second kappa shape index (κ2) is 8.12. The number of piperidine rings is 1. The van der Waals surface area contributed by atoms with Crippen LogP contribution in [0.5, 0.6) is 0 Å². The van der Waals surface area contributed by atoms with Crippen molar-refractivity contribution in [2.45, 2.75) is 45.7 Å². The molecule has 0 aliphatic carbocycles. The lowest BCUT2D eigenvalue weighted by Crippen LogP contribution is -2.55. The van der Waals surface area contributed by atoms with Gasteiger partial charge in [-0.1, -0.05) is 6.92 Å². The molecule has 0 aromatic carbocycles. The van der Waals surface area contributed by atoms with Gasteiger partial charge in [-0.3, -0.25) is 15.0 Å². The summed E-state index contributed by atoms with van der Waals surface area (Å²) in [7, 11) is 0. The van der Waals surface area contributed by atoms with E-state index in [1.54, 1.807) is 0 Å². The Kier molecular flexibility index (Phi) is 6.80. The lowest BCUT2D eigenvalue weighted by atomic mass is 10.0. The first-order valence-corrected chi connectivity index (χ1v) is 7.15. The fourth-order valence-corrected chi connectivity index (χ4v) is 2.54. The van der Waals surface area contributed by atoms with Crippen molar-refractivity contribution in [3.8, 4) is 0 Å². The van der Waals surface area contributed by atoms with E-state index in [2.05, 4.69) is 20.9 Å². The molecule has 0 aromatic heterocycles. The SMILES string of the molecule is CCNC(=O)NC(=O)C(C)N(CC)C1CCCNC1. The summed E-state index contributed by atoms with van der Waals surface area (Å²) in [5.41, 5.74) is 0. The third-order valence-corrected chi connectivity index (χ3v) is 3.56. The highest BCUT2D eigenvalue weighted by atomic mass is 16.2. The normalized spacial score (nSPS) is 20.9. The molecule has 2 atom stereocenters. The van der Waals surface area contributed by atoms with Gasteiger partial charge in [-0.2, -0.15) is 0 Å². The topological polar surface area (TPSA) is 73.5 Å². The number of nitrogens with one attached hydrogen (secondary N) is 3. The molecule has 0 spiro atoms. The van der Waals surface area contributed by atoms with E-state index in [1.807, 2.05) is 20.8 Å². The minimum atomic E-state index is -0.419. The molecule has 0 radical (unpaired) electrons. The number of nitrogens with zero attached hydrogens (tertiary/aromatic N) is 1. The van der Waals surface area contributed by atoms with E-state index in [0.717, 1.165) is 32.5 Å². The van der Waals surface area contributed by atoms with E-state index in [-0.39, 0.29) is 11.9 Å². The van der Waals surface area contributed by atoms with Gasteiger partial charge in [0.25, 0.3) is 0 Å². The predicted octanol–water partition coefficient (Wildman–Crippen LogP) is 0.295. The van der Waals surface area contributed by atoms with Gasteiger partial charge in [0.2, 0.25) is 5.91 Å². The highest BCUT2D eigenvalue weighted by molar-refractivity contribution is 5.96. The zero-order valence-electron chi connectivity index (χ0n) is 12.2. The van der Waals surface area contributed by atoms with Crippen LogP contribution >= 0.6 is 0 Å². The molecular weight excluding hydrogens is 244 g/mol. The third-order valence-electron chi connectivity index (χ3n) is 3.56. The second-order valence-corrected chi connectivity index (χ2v) is 4.86. The maximum absolute atomic E-state index is 12.0. The lowest BCUT2D eigenvalue weighted by Gasteiger charge is -2.37. The van der Waals surface area contributed by atoms with Crippen LogP contribution in [0.15, 0.2) is 0 Å². The van der Waals surface area contributed by atoms with Gasteiger partial charge in [-0.05, 0) is 39.8 Å². The molecule has 1 fully saturated rings. The summed E-state index contributed by atoms with van der Waals surface area (Å²) in [5, 5.41) is 8.30. The summed E-state index contributed by atoms with van der Waals surface area (Å²) < 4.78 is 0. The molecule has 1 aliphatic heterocycles. The summed E-state index contributed by atoms with van der Waals surface area (Å²) in [4.78, 5) is 25.6. The first-order chi connectivity index (χ1) is 9.10. The van der Waals surface area contributed by atoms with Crippen LogP contribution in [-0.2, 0) is 4.79 Å². The van der Waals surface area contributed by atoms with Crippen molar-refractivity contribution in [3.05, 3.63) is 0 Å². The van der Waals surface area contributed by atoms with Crippen LogP contribution < -0.4 is 16.0 Å². The Morgan fingerprint density at radius 2 is 2.16 bits per heavy atom. The van der Waals surface area contributed by atoms with Crippen molar-refractivity contribution in [2.75, 3.05) is 26.2 Å². The molecule has 0 aromatic rings. The molecule has 0 saturated carbocycles. The molecule has 1 rings (SSSR count). The van der Waals surface area contributed by atoms with Gasteiger partial charge in [0.1, 0.15) is 0 Å². The highest BCUT2D eigenvalue weighted by Crippen LogP contribution is 2.13. The average Bonchev–Trinajstić information content (AvgIpc) is 2.40. The zero-order chi connectivity index (χ0) is 14.3. The summed E-state index contributed by atoms with van der Waals surface area (Å²) in [6.45, 7) is 8.99. The maximum Gasteiger partial charge on any atom is 0.321 e. The average molecular weight is 270 g/mol. The van der Waals surface area contributed by atoms with E-state index >= 15 is 0 Å². The smallest absolute Gasteiger partial charge is 0.321 e. The van der Waals surface area contributed by atoms with Crippen LogP contribution in [0, 0.1) is 0 Å². The van der Waals surface area contributed by atoms with Gasteiger partial charge >= 0.3 is 6.03 Å². The number of carbonyl (C=O) groups excluding carboxylic acids is 2. The number of hydrogen-bond donors (Lipinski definition) is 3. The molecule has 0 bridgehead atoms. The summed E-state index contributed by atoms with van der Waals surface area (Å²) in [6.07, 6.45) is 2.23. The molecule has 2 unspecified atom stereocenters. The molecule has 6 nitrogen and oxygen atoms in total. The van der Waals surface area contributed by atoms with Gasteiger partial charge in [0, 0.05) is 19.1 Å². The molecule has 1 saturated heterocycles. The van der Waals surface area contributed by atoms with Gasteiger partial charge in [0.05, 0.1) is 6.04 Å². The van der Waals surface area contributed by atoms with Crippen LogP contribution in [0.2, 0.25) is 0 Å². The number of likely N-dealkylation sites (N-methyl/N-ethyl adjacent to an activating group) is 1. The largest absolute Gasteiger partial charge is 0.338 e. The van der Waals surface area contributed by atoms with Gasteiger partial charge in [-0.15, -0.1) is 0 Å². The van der Waals surface area contributed by atoms with Crippen molar-refractivity contribution < 1.29 is 9.59 Å². The summed E-state index contributed by atoms with van der Waals surface area (Å²) in [5.74, 6) is -0.238. The predicted molar refractivity (Wildman–Crippen MR) is 74.9 cm³/mol. The summed E-state index contributed by atoms with van der Waals surface area (Å²) in [6, 6.07) is -0.344. The number of urea groups is 1. The van der Waals surface area contributed by atoms with E-state index < -0.39 is 6.03 Å². The van der Waals surface area contributed by atoms with Crippen molar-refractivity contribution in [3.63, 3.8) is 0 Å². The highest BCUT2D eigenvalue weighted by Gasteiger charge is 2.28. The lowest BCUT2D eigenvalue weighted by molar-refractivity contribution is -0.125. The number of amides is 3. The van der Waals surface area contributed by atoms with Crippen molar-refractivity contribution in [1.82, 2.24) is 20.9 Å². The Labute approximate surface area is 115 Å². The maximum atomic E-state index is 12.0. The second-order valence-electron chi connectivity index (χ2n) is 4.86. The van der Waals surface area contributed by atoms with Crippen molar-refractivity contribution in [1.29, 1.82) is 0 Å². The molecule has 3 N–H and O–H groups in total. The van der Waals surface area contributed by atoms with Crippen LogP contribution in [0.1, 0.15) is 33.6 Å².